The van der Waals surface area contributed by atoms with Crippen LogP contribution in [0.1, 0.15) is 21.7 Å². The van der Waals surface area contributed by atoms with Gasteiger partial charge >= 0.3 is 5.97 Å². The van der Waals surface area contributed by atoms with Crippen LogP contribution >= 0.6 is 0 Å². The Morgan fingerprint density at radius 3 is 2.84 bits per heavy atom. The molecule has 1 N–H and O–H groups in total. The molecule has 0 amide bonds. The summed E-state index contributed by atoms with van der Waals surface area (Å²) in [5.74, 6) is 0.520. The lowest BCUT2D eigenvalue weighted by atomic mass is 10.1. The van der Waals surface area contributed by atoms with Gasteiger partial charge in [0.15, 0.2) is 0 Å². The quantitative estimate of drug-likeness (QED) is 0.809. The maximum Gasteiger partial charge on any atom is 0.338 e. The standard InChI is InChI=1S/C13H16N4O2/c1-17-9-15-16-12(17)8-14-7-10-5-3-4-6-11(10)13(18)19-2/h3-6,9,14H,7-8H2,1-2H3. The minimum Gasteiger partial charge on any atom is -0.465 e. The molecular weight excluding hydrogens is 244 g/mol. The third-order valence-electron chi connectivity index (χ3n) is 2.83. The highest BCUT2D eigenvalue weighted by Crippen LogP contribution is 2.10. The van der Waals surface area contributed by atoms with E-state index in [0.29, 0.717) is 18.7 Å². The molecule has 0 fully saturated rings. The molecule has 6 nitrogen and oxygen atoms in total. The molecule has 2 rings (SSSR count). The fourth-order valence-corrected chi connectivity index (χ4v) is 1.76. The van der Waals surface area contributed by atoms with Crippen LogP contribution in [0.3, 0.4) is 0 Å². The number of esters is 1. The van der Waals surface area contributed by atoms with Crippen LogP contribution in [0.4, 0.5) is 0 Å². The van der Waals surface area contributed by atoms with Gasteiger partial charge in [-0.05, 0) is 11.6 Å². The molecule has 0 radical (unpaired) electrons. The van der Waals surface area contributed by atoms with Gasteiger partial charge in [0, 0.05) is 13.6 Å². The molecule has 19 heavy (non-hydrogen) atoms. The highest BCUT2D eigenvalue weighted by Gasteiger charge is 2.10. The van der Waals surface area contributed by atoms with Crippen LogP contribution in [0.25, 0.3) is 0 Å². The SMILES string of the molecule is COC(=O)c1ccccc1CNCc1nncn1C. The third kappa shape index (κ3) is 3.17. The van der Waals surface area contributed by atoms with Crippen LogP contribution in [0.15, 0.2) is 30.6 Å². The van der Waals surface area contributed by atoms with E-state index in [4.69, 9.17) is 4.74 Å². The zero-order valence-electron chi connectivity index (χ0n) is 11.0. The van der Waals surface area contributed by atoms with E-state index in [1.165, 1.54) is 7.11 Å². The maximum atomic E-state index is 11.6. The number of nitrogens with zero attached hydrogens (tertiary/aromatic N) is 3. The summed E-state index contributed by atoms with van der Waals surface area (Å²) in [5, 5.41) is 11.0. The molecule has 2 aromatic rings. The van der Waals surface area contributed by atoms with Crippen molar-refractivity contribution in [3.63, 3.8) is 0 Å². The van der Waals surface area contributed by atoms with E-state index in [-0.39, 0.29) is 5.97 Å². The summed E-state index contributed by atoms with van der Waals surface area (Å²) in [7, 11) is 3.27. The molecule has 100 valence electrons. The van der Waals surface area contributed by atoms with Gasteiger partial charge < -0.3 is 14.6 Å². The Labute approximate surface area is 111 Å². The number of hydrogen-bond donors (Lipinski definition) is 1. The zero-order valence-corrected chi connectivity index (χ0v) is 11.0. The lowest BCUT2D eigenvalue weighted by Gasteiger charge is -2.08. The predicted octanol–water partition coefficient (Wildman–Crippen LogP) is 0.891. The van der Waals surface area contributed by atoms with Gasteiger partial charge in [0.2, 0.25) is 0 Å². The van der Waals surface area contributed by atoms with Gasteiger partial charge in [-0.15, -0.1) is 10.2 Å². The molecule has 0 unspecified atom stereocenters. The predicted molar refractivity (Wildman–Crippen MR) is 69.3 cm³/mol. The molecule has 0 aliphatic rings. The molecule has 1 aromatic carbocycles. The second-order valence-corrected chi connectivity index (χ2v) is 4.11. The number of aromatic nitrogens is 3. The number of hydrogen-bond acceptors (Lipinski definition) is 5. The number of methoxy groups -OCH3 is 1. The van der Waals surface area contributed by atoms with Gasteiger partial charge in [-0.1, -0.05) is 18.2 Å². The van der Waals surface area contributed by atoms with E-state index >= 15 is 0 Å². The molecule has 0 spiro atoms. The second-order valence-electron chi connectivity index (χ2n) is 4.11. The largest absolute Gasteiger partial charge is 0.465 e. The number of nitrogens with one attached hydrogen (secondary N) is 1. The molecule has 0 aliphatic heterocycles. The zero-order chi connectivity index (χ0) is 13.7. The molecule has 1 heterocycles. The summed E-state index contributed by atoms with van der Waals surface area (Å²) in [6.07, 6.45) is 1.65. The highest BCUT2D eigenvalue weighted by molar-refractivity contribution is 5.90. The summed E-state index contributed by atoms with van der Waals surface area (Å²) in [4.78, 5) is 11.6. The van der Waals surface area contributed by atoms with E-state index in [2.05, 4.69) is 15.5 Å². The van der Waals surface area contributed by atoms with Crippen molar-refractivity contribution in [3.05, 3.63) is 47.5 Å². The molecule has 0 bridgehead atoms. The number of ether oxygens (including phenoxy) is 1. The van der Waals surface area contributed by atoms with Crippen LogP contribution in [-0.2, 0) is 24.9 Å². The fraction of sp³-hybridized carbons (Fsp3) is 0.308. The van der Waals surface area contributed by atoms with Crippen molar-refractivity contribution in [1.82, 2.24) is 20.1 Å². The Kier molecular flexibility index (Phi) is 4.25. The van der Waals surface area contributed by atoms with Crippen molar-refractivity contribution < 1.29 is 9.53 Å². The Hall–Kier alpha value is -2.21. The monoisotopic (exact) mass is 260 g/mol. The van der Waals surface area contributed by atoms with Gasteiger partial charge in [-0.2, -0.15) is 0 Å². The van der Waals surface area contributed by atoms with Crippen molar-refractivity contribution in [3.8, 4) is 0 Å². The van der Waals surface area contributed by atoms with E-state index in [0.717, 1.165) is 11.4 Å². The van der Waals surface area contributed by atoms with E-state index < -0.39 is 0 Å². The van der Waals surface area contributed by atoms with Crippen LogP contribution < -0.4 is 5.32 Å². The van der Waals surface area contributed by atoms with Crippen molar-refractivity contribution >= 4 is 5.97 Å². The van der Waals surface area contributed by atoms with Crippen molar-refractivity contribution in [2.75, 3.05) is 7.11 Å². The maximum absolute atomic E-state index is 11.6. The minimum absolute atomic E-state index is 0.323. The van der Waals surface area contributed by atoms with Gasteiger partial charge in [0.1, 0.15) is 12.2 Å². The highest BCUT2D eigenvalue weighted by atomic mass is 16.5. The Morgan fingerprint density at radius 2 is 2.16 bits per heavy atom. The number of rotatable bonds is 5. The van der Waals surface area contributed by atoms with E-state index in [1.54, 1.807) is 12.4 Å². The van der Waals surface area contributed by atoms with E-state index in [9.17, 15) is 4.79 Å². The molecule has 0 aliphatic carbocycles. The summed E-state index contributed by atoms with van der Waals surface area (Å²) in [5.41, 5.74) is 1.48. The number of aryl methyl sites for hydroxylation is 1. The molecule has 0 saturated carbocycles. The fourth-order valence-electron chi connectivity index (χ4n) is 1.76. The first-order valence-electron chi connectivity index (χ1n) is 5.92. The Bertz CT molecular complexity index is 565. The van der Waals surface area contributed by atoms with Crippen LogP contribution in [0, 0.1) is 0 Å². The normalized spacial score (nSPS) is 10.4. The first-order valence-corrected chi connectivity index (χ1v) is 5.92. The lowest BCUT2D eigenvalue weighted by Crippen LogP contribution is -2.18. The van der Waals surface area contributed by atoms with Crippen LogP contribution in [-0.4, -0.2) is 27.8 Å². The molecular formula is C13H16N4O2. The second kappa shape index (κ2) is 6.10. The lowest BCUT2D eigenvalue weighted by molar-refractivity contribution is 0.0599. The van der Waals surface area contributed by atoms with Gasteiger partial charge in [-0.3, -0.25) is 0 Å². The minimum atomic E-state index is -0.323. The first-order chi connectivity index (χ1) is 9.22. The summed E-state index contributed by atoms with van der Waals surface area (Å²) < 4.78 is 6.60. The third-order valence-corrected chi connectivity index (χ3v) is 2.83. The number of carbonyl (C=O) groups excluding carboxylic acids is 1. The van der Waals surface area contributed by atoms with Gasteiger partial charge in [0.25, 0.3) is 0 Å². The van der Waals surface area contributed by atoms with Crippen molar-refractivity contribution in [1.29, 1.82) is 0 Å². The average molecular weight is 260 g/mol. The van der Waals surface area contributed by atoms with Gasteiger partial charge in [-0.25, -0.2) is 4.79 Å². The van der Waals surface area contributed by atoms with Crippen LogP contribution in [0.5, 0.6) is 0 Å². The first kappa shape index (κ1) is 13.2. The topological polar surface area (TPSA) is 69.0 Å². The molecule has 6 heteroatoms. The Morgan fingerprint density at radius 1 is 1.37 bits per heavy atom. The van der Waals surface area contributed by atoms with Crippen molar-refractivity contribution in [2.24, 2.45) is 7.05 Å². The van der Waals surface area contributed by atoms with Crippen LogP contribution in [0.2, 0.25) is 0 Å². The van der Waals surface area contributed by atoms with Crippen molar-refractivity contribution in [2.45, 2.75) is 13.1 Å². The molecule has 0 atom stereocenters. The average Bonchev–Trinajstić information content (AvgIpc) is 2.84. The Balaban J connectivity index is 2.00. The van der Waals surface area contributed by atoms with Gasteiger partial charge in [0.05, 0.1) is 19.2 Å². The summed E-state index contributed by atoms with van der Waals surface area (Å²) >= 11 is 0. The summed E-state index contributed by atoms with van der Waals surface area (Å²) in [6.45, 7) is 1.16. The molecule has 0 saturated heterocycles. The molecule has 1 aromatic heterocycles. The number of benzene rings is 1. The van der Waals surface area contributed by atoms with E-state index in [1.807, 2.05) is 29.8 Å². The smallest absolute Gasteiger partial charge is 0.338 e. The summed E-state index contributed by atoms with van der Waals surface area (Å²) in [6, 6.07) is 7.37. The number of carbonyl (C=O) groups is 1.